The van der Waals surface area contributed by atoms with Gasteiger partial charge in [-0.3, -0.25) is 4.79 Å². The summed E-state index contributed by atoms with van der Waals surface area (Å²) < 4.78 is 15.3. The van der Waals surface area contributed by atoms with Gasteiger partial charge in [0, 0.05) is 11.8 Å². The largest absolute Gasteiger partial charge is 0.468 e. The first kappa shape index (κ1) is 14.0. The van der Waals surface area contributed by atoms with Crippen molar-refractivity contribution in [3.05, 3.63) is 23.8 Å². The molecule has 0 aliphatic carbocycles. The van der Waals surface area contributed by atoms with Crippen molar-refractivity contribution in [1.82, 2.24) is 5.32 Å². The number of benzene rings is 1. The van der Waals surface area contributed by atoms with Crippen molar-refractivity contribution in [2.75, 3.05) is 32.5 Å². The maximum atomic E-state index is 11.1. The van der Waals surface area contributed by atoms with E-state index in [0.29, 0.717) is 5.75 Å². The molecule has 1 N–H and O–H groups in total. The molecule has 0 bridgehead atoms. The number of thioether (sulfide) groups is 1. The summed E-state index contributed by atoms with van der Waals surface area (Å²) in [5.74, 6) is 2.49. The molecule has 1 aromatic rings. The minimum Gasteiger partial charge on any atom is -0.468 e. The van der Waals surface area contributed by atoms with E-state index in [0.717, 1.165) is 22.8 Å². The van der Waals surface area contributed by atoms with E-state index in [-0.39, 0.29) is 18.8 Å². The Kier molecular flexibility index (Phi) is 4.93. The van der Waals surface area contributed by atoms with Crippen LogP contribution in [0.1, 0.15) is 11.6 Å². The summed E-state index contributed by atoms with van der Waals surface area (Å²) in [5, 5.41) is 3.23. The minimum absolute atomic E-state index is 0.157. The van der Waals surface area contributed by atoms with Gasteiger partial charge >= 0.3 is 5.97 Å². The zero-order valence-corrected chi connectivity index (χ0v) is 11.8. The Bertz CT molecular complexity index is 452. The van der Waals surface area contributed by atoms with Crippen LogP contribution in [-0.4, -0.2) is 38.4 Å². The first-order valence-electron chi connectivity index (χ1n) is 5.96. The predicted molar refractivity (Wildman–Crippen MR) is 73.7 cm³/mol. The maximum Gasteiger partial charge on any atom is 0.315 e. The molecule has 5 nitrogen and oxygen atoms in total. The second-order valence-corrected chi connectivity index (χ2v) is 5.08. The lowest BCUT2D eigenvalue weighted by Gasteiger charge is -2.16. The van der Waals surface area contributed by atoms with Gasteiger partial charge in [-0.2, -0.15) is 0 Å². The molecule has 2 rings (SSSR count). The zero-order chi connectivity index (χ0) is 13.7. The van der Waals surface area contributed by atoms with Gasteiger partial charge < -0.3 is 19.5 Å². The van der Waals surface area contributed by atoms with Gasteiger partial charge in [0.25, 0.3) is 0 Å². The van der Waals surface area contributed by atoms with E-state index in [1.54, 1.807) is 0 Å². The molecule has 0 spiro atoms. The lowest BCUT2D eigenvalue weighted by atomic mass is 10.1. The Balaban J connectivity index is 1.95. The summed E-state index contributed by atoms with van der Waals surface area (Å²) in [4.78, 5) is 11.1. The summed E-state index contributed by atoms with van der Waals surface area (Å²) in [6, 6.07) is 6.05. The Morgan fingerprint density at radius 3 is 3.00 bits per heavy atom. The van der Waals surface area contributed by atoms with E-state index in [1.807, 2.05) is 25.2 Å². The Labute approximate surface area is 116 Å². The third-order valence-electron chi connectivity index (χ3n) is 2.88. The van der Waals surface area contributed by atoms with Crippen LogP contribution in [0.2, 0.25) is 0 Å². The number of fused-ring (bicyclic) bond motifs is 1. The third kappa shape index (κ3) is 3.54. The number of rotatable bonds is 6. The summed E-state index contributed by atoms with van der Waals surface area (Å²) in [6.07, 6.45) is 0. The number of esters is 1. The van der Waals surface area contributed by atoms with Crippen LogP contribution in [0.25, 0.3) is 0 Å². The monoisotopic (exact) mass is 283 g/mol. The Morgan fingerprint density at radius 2 is 2.26 bits per heavy atom. The zero-order valence-electron chi connectivity index (χ0n) is 11.0. The van der Waals surface area contributed by atoms with E-state index in [4.69, 9.17) is 9.47 Å². The van der Waals surface area contributed by atoms with Crippen molar-refractivity contribution in [3.63, 3.8) is 0 Å². The molecule has 0 aromatic heterocycles. The maximum absolute atomic E-state index is 11.1. The first-order valence-corrected chi connectivity index (χ1v) is 7.11. The van der Waals surface area contributed by atoms with Crippen LogP contribution in [0.15, 0.2) is 18.2 Å². The van der Waals surface area contributed by atoms with Gasteiger partial charge in [-0.05, 0) is 24.7 Å². The van der Waals surface area contributed by atoms with Gasteiger partial charge in [0.15, 0.2) is 11.5 Å². The lowest BCUT2D eigenvalue weighted by Crippen LogP contribution is -2.19. The molecule has 0 saturated heterocycles. The molecule has 1 aromatic carbocycles. The van der Waals surface area contributed by atoms with Crippen LogP contribution in [0, 0.1) is 0 Å². The molecular formula is C13H17NO4S. The molecule has 0 fully saturated rings. The summed E-state index contributed by atoms with van der Waals surface area (Å²) in [5.41, 5.74) is 1.11. The molecule has 104 valence electrons. The summed E-state index contributed by atoms with van der Waals surface area (Å²) >= 11 is 1.54. The number of carbonyl (C=O) groups excluding carboxylic acids is 1. The SMILES string of the molecule is CNC(CSCC(=O)OC)c1ccc2c(c1)OCO2. The van der Waals surface area contributed by atoms with E-state index < -0.39 is 0 Å². The second-order valence-electron chi connectivity index (χ2n) is 4.05. The highest BCUT2D eigenvalue weighted by Crippen LogP contribution is 2.34. The highest BCUT2D eigenvalue weighted by atomic mass is 32.2. The van der Waals surface area contributed by atoms with Gasteiger partial charge in [0.05, 0.1) is 12.9 Å². The molecule has 19 heavy (non-hydrogen) atoms. The Hall–Kier alpha value is -1.40. The van der Waals surface area contributed by atoms with Gasteiger partial charge in [-0.1, -0.05) is 6.07 Å². The fourth-order valence-electron chi connectivity index (χ4n) is 1.80. The number of nitrogens with one attached hydrogen (secondary N) is 1. The van der Waals surface area contributed by atoms with Crippen LogP contribution in [0.4, 0.5) is 0 Å². The second kappa shape index (κ2) is 6.68. The molecule has 1 heterocycles. The molecule has 0 radical (unpaired) electrons. The van der Waals surface area contributed by atoms with E-state index in [9.17, 15) is 4.79 Å². The molecule has 1 atom stereocenters. The molecule has 6 heteroatoms. The number of hydrogen-bond donors (Lipinski definition) is 1. The average molecular weight is 283 g/mol. The van der Waals surface area contributed by atoms with Crippen LogP contribution in [0.3, 0.4) is 0 Å². The fraction of sp³-hybridized carbons (Fsp3) is 0.462. The van der Waals surface area contributed by atoms with Gasteiger partial charge in [0.2, 0.25) is 6.79 Å². The standard InChI is InChI=1S/C13H17NO4S/c1-14-10(6-19-7-13(15)16-2)9-3-4-11-12(5-9)18-8-17-11/h3-5,10,14H,6-8H2,1-2H3. The van der Waals surface area contributed by atoms with E-state index in [1.165, 1.54) is 18.9 Å². The highest BCUT2D eigenvalue weighted by molar-refractivity contribution is 7.99. The number of carbonyl (C=O) groups is 1. The topological polar surface area (TPSA) is 56.8 Å². The number of ether oxygens (including phenoxy) is 3. The van der Waals surface area contributed by atoms with Crippen molar-refractivity contribution < 1.29 is 19.0 Å². The van der Waals surface area contributed by atoms with Crippen molar-refractivity contribution in [2.45, 2.75) is 6.04 Å². The Morgan fingerprint density at radius 1 is 1.47 bits per heavy atom. The predicted octanol–water partition coefficient (Wildman–Crippen LogP) is 1.58. The quantitative estimate of drug-likeness (QED) is 0.800. The number of methoxy groups -OCH3 is 1. The third-order valence-corrected chi connectivity index (χ3v) is 3.89. The lowest BCUT2D eigenvalue weighted by molar-refractivity contribution is -0.137. The molecule has 0 saturated carbocycles. The smallest absolute Gasteiger partial charge is 0.315 e. The van der Waals surface area contributed by atoms with Crippen LogP contribution >= 0.6 is 11.8 Å². The van der Waals surface area contributed by atoms with Crippen LogP contribution in [0.5, 0.6) is 11.5 Å². The van der Waals surface area contributed by atoms with Crippen molar-refractivity contribution in [2.24, 2.45) is 0 Å². The van der Waals surface area contributed by atoms with Crippen molar-refractivity contribution >= 4 is 17.7 Å². The molecule has 0 amide bonds. The summed E-state index contributed by atoms with van der Waals surface area (Å²) in [7, 11) is 3.30. The molecular weight excluding hydrogens is 266 g/mol. The average Bonchev–Trinajstić information content (AvgIpc) is 2.90. The fourth-order valence-corrected chi connectivity index (χ4v) is 2.79. The van der Waals surface area contributed by atoms with Gasteiger partial charge in [0.1, 0.15) is 0 Å². The summed E-state index contributed by atoms with van der Waals surface area (Å²) in [6.45, 7) is 0.278. The van der Waals surface area contributed by atoms with E-state index >= 15 is 0 Å². The first-order chi connectivity index (χ1) is 9.24. The highest BCUT2D eigenvalue weighted by Gasteiger charge is 2.17. The van der Waals surface area contributed by atoms with Crippen LogP contribution < -0.4 is 14.8 Å². The normalized spacial score (nSPS) is 14.2. The van der Waals surface area contributed by atoms with E-state index in [2.05, 4.69) is 10.1 Å². The van der Waals surface area contributed by atoms with Gasteiger partial charge in [-0.25, -0.2) is 0 Å². The molecule has 1 aliphatic heterocycles. The van der Waals surface area contributed by atoms with Crippen molar-refractivity contribution in [3.8, 4) is 11.5 Å². The molecule has 1 aliphatic rings. The van der Waals surface area contributed by atoms with Crippen LogP contribution in [-0.2, 0) is 9.53 Å². The molecule has 1 unspecified atom stereocenters. The van der Waals surface area contributed by atoms with Gasteiger partial charge in [-0.15, -0.1) is 11.8 Å². The minimum atomic E-state index is -0.203. The number of hydrogen-bond acceptors (Lipinski definition) is 6. The van der Waals surface area contributed by atoms with Crippen molar-refractivity contribution in [1.29, 1.82) is 0 Å².